The van der Waals surface area contributed by atoms with Gasteiger partial charge in [0.2, 0.25) is 0 Å². The van der Waals surface area contributed by atoms with Crippen LogP contribution < -0.4 is 10.0 Å². The molecule has 2 N–H and O–H groups in total. The molecule has 0 aliphatic carbocycles. The van der Waals surface area contributed by atoms with Gasteiger partial charge in [0.15, 0.2) is 5.03 Å². The number of aryl methyl sites for hydroxylation is 1. The summed E-state index contributed by atoms with van der Waals surface area (Å²) in [7, 11) is 0.229. The summed E-state index contributed by atoms with van der Waals surface area (Å²) in [6, 6.07) is 3.69. The van der Waals surface area contributed by atoms with Gasteiger partial charge in [-0.2, -0.15) is 13.5 Å². The Hall–Kier alpha value is -2.59. The molecule has 11 heteroatoms. The van der Waals surface area contributed by atoms with Crippen molar-refractivity contribution < 1.29 is 18.0 Å². The summed E-state index contributed by atoms with van der Waals surface area (Å²) in [4.78, 5) is 26.1. The molecule has 0 saturated carbocycles. The number of benzene rings is 1. The van der Waals surface area contributed by atoms with Crippen molar-refractivity contribution in [3.8, 4) is 0 Å². The molecule has 0 aliphatic rings. The number of sulfonamides is 1. The fourth-order valence-corrected chi connectivity index (χ4v) is 4.15. The van der Waals surface area contributed by atoms with Crippen LogP contribution >= 0.6 is 11.6 Å². The molecule has 0 saturated heterocycles. The summed E-state index contributed by atoms with van der Waals surface area (Å²) in [5.74, 6) is -0.331. The van der Waals surface area contributed by atoms with Crippen LogP contribution in [-0.2, 0) is 17.1 Å². The van der Waals surface area contributed by atoms with Crippen LogP contribution in [0.1, 0.15) is 61.1 Å². The first-order valence-corrected chi connectivity index (χ1v) is 11.5. The van der Waals surface area contributed by atoms with Crippen molar-refractivity contribution in [1.82, 2.24) is 19.4 Å². The van der Waals surface area contributed by atoms with Gasteiger partial charge in [0, 0.05) is 37.9 Å². The zero-order valence-electron chi connectivity index (χ0n) is 18.6. The summed E-state index contributed by atoms with van der Waals surface area (Å²) in [5, 5.41) is 6.64. The van der Waals surface area contributed by atoms with Crippen molar-refractivity contribution in [2.75, 3.05) is 19.4 Å². The number of anilines is 1. The average Bonchev–Trinajstić information content (AvgIpc) is 3.03. The van der Waals surface area contributed by atoms with E-state index in [1.54, 1.807) is 26.2 Å². The van der Waals surface area contributed by atoms with E-state index in [2.05, 4.69) is 10.4 Å². The first kappa shape index (κ1) is 24.7. The zero-order chi connectivity index (χ0) is 23.7. The average molecular weight is 470 g/mol. The molecule has 0 spiro atoms. The summed E-state index contributed by atoms with van der Waals surface area (Å²) in [6.07, 6.45) is 0. The van der Waals surface area contributed by atoms with E-state index in [-0.39, 0.29) is 17.5 Å². The van der Waals surface area contributed by atoms with Gasteiger partial charge in [-0.15, -0.1) is 0 Å². The van der Waals surface area contributed by atoms with E-state index in [1.165, 1.54) is 11.9 Å². The number of nitrogens with zero attached hydrogens (tertiary/aromatic N) is 3. The number of aromatic nitrogens is 2. The third-order valence-electron chi connectivity index (χ3n) is 4.63. The molecule has 0 fully saturated rings. The molecule has 170 valence electrons. The standard InChI is InChI=1S/C20H28ClN5O4S/c1-11(2)14-8-13(21)9-15(12(3)4)18(14)22-20(28)24-31(29,30)17-10-16(26(7)23-17)19(27)25(5)6/h8-12H,1-7H3,(H2,22,24,28). The van der Waals surface area contributed by atoms with E-state index in [0.29, 0.717) is 10.7 Å². The number of hydrogen-bond donors (Lipinski definition) is 2. The normalized spacial score (nSPS) is 11.7. The topological polar surface area (TPSA) is 113 Å². The number of urea groups is 1. The Labute approximate surface area is 187 Å². The largest absolute Gasteiger partial charge is 0.343 e. The van der Waals surface area contributed by atoms with E-state index in [4.69, 9.17) is 11.6 Å². The molecule has 0 radical (unpaired) electrons. The third kappa shape index (κ3) is 5.56. The summed E-state index contributed by atoms with van der Waals surface area (Å²) in [5.41, 5.74) is 2.18. The lowest BCUT2D eigenvalue weighted by atomic mass is 9.92. The quantitative estimate of drug-likeness (QED) is 0.671. The van der Waals surface area contributed by atoms with Gasteiger partial charge in [-0.05, 0) is 35.1 Å². The van der Waals surface area contributed by atoms with Gasteiger partial charge >= 0.3 is 6.03 Å². The fourth-order valence-electron chi connectivity index (χ4n) is 3.02. The van der Waals surface area contributed by atoms with Gasteiger partial charge in [-0.3, -0.25) is 9.48 Å². The number of amides is 3. The highest BCUT2D eigenvalue weighted by Gasteiger charge is 2.26. The van der Waals surface area contributed by atoms with Gasteiger partial charge in [0.25, 0.3) is 15.9 Å². The highest BCUT2D eigenvalue weighted by molar-refractivity contribution is 7.90. The summed E-state index contributed by atoms with van der Waals surface area (Å²) in [6.45, 7) is 7.80. The molecule has 1 aromatic carbocycles. The van der Waals surface area contributed by atoms with Crippen LogP contribution in [-0.4, -0.2) is 49.1 Å². The third-order valence-corrected chi connectivity index (χ3v) is 6.05. The van der Waals surface area contributed by atoms with Crippen LogP contribution in [0.15, 0.2) is 23.2 Å². The molecule has 1 heterocycles. The SMILES string of the molecule is CC(C)c1cc(Cl)cc(C(C)C)c1NC(=O)NS(=O)(=O)c1cc(C(=O)N(C)C)n(C)n1. The molecule has 2 aromatic rings. The molecule has 0 unspecified atom stereocenters. The highest BCUT2D eigenvalue weighted by atomic mass is 35.5. The predicted octanol–water partition coefficient (Wildman–Crippen LogP) is 3.53. The van der Waals surface area contributed by atoms with E-state index >= 15 is 0 Å². The molecule has 0 atom stereocenters. The Bertz CT molecular complexity index is 1080. The number of rotatable bonds is 6. The molecule has 2 rings (SSSR count). The lowest BCUT2D eigenvalue weighted by Crippen LogP contribution is -2.35. The van der Waals surface area contributed by atoms with Crippen LogP contribution in [0.25, 0.3) is 0 Å². The minimum atomic E-state index is -4.31. The van der Waals surface area contributed by atoms with Crippen LogP contribution in [0.3, 0.4) is 0 Å². The summed E-state index contributed by atoms with van der Waals surface area (Å²) < 4.78 is 28.5. The highest BCUT2D eigenvalue weighted by Crippen LogP contribution is 2.35. The van der Waals surface area contributed by atoms with Crippen molar-refractivity contribution in [3.05, 3.63) is 40.0 Å². The molecule has 1 aromatic heterocycles. The van der Waals surface area contributed by atoms with Crippen molar-refractivity contribution in [2.45, 2.75) is 44.6 Å². The minimum Gasteiger partial charge on any atom is -0.343 e. The second kappa shape index (κ2) is 9.27. The number of hydrogen-bond acceptors (Lipinski definition) is 5. The molecular formula is C20H28ClN5O4S. The predicted molar refractivity (Wildman–Crippen MR) is 120 cm³/mol. The Kier molecular flexibility index (Phi) is 7.38. The number of carbonyl (C=O) groups excluding carboxylic acids is 2. The Morgan fingerprint density at radius 3 is 2.03 bits per heavy atom. The van der Waals surface area contributed by atoms with Crippen LogP contribution in [0, 0.1) is 0 Å². The van der Waals surface area contributed by atoms with Gasteiger partial charge in [-0.1, -0.05) is 39.3 Å². The molecule has 0 bridgehead atoms. The molecular weight excluding hydrogens is 442 g/mol. The molecule has 0 aliphatic heterocycles. The molecule has 31 heavy (non-hydrogen) atoms. The number of nitrogens with one attached hydrogen (secondary N) is 2. The Balaban J connectivity index is 2.35. The maximum absolute atomic E-state index is 12.7. The Morgan fingerprint density at radius 1 is 1.06 bits per heavy atom. The Morgan fingerprint density at radius 2 is 1.58 bits per heavy atom. The van der Waals surface area contributed by atoms with Gasteiger partial charge in [0.05, 0.1) is 0 Å². The zero-order valence-corrected chi connectivity index (χ0v) is 20.2. The second-order valence-electron chi connectivity index (χ2n) is 8.02. The van der Waals surface area contributed by atoms with Gasteiger partial charge in [0.1, 0.15) is 5.69 Å². The smallest absolute Gasteiger partial charge is 0.333 e. The minimum absolute atomic E-state index is 0.0403. The van der Waals surface area contributed by atoms with Crippen LogP contribution in [0.4, 0.5) is 10.5 Å². The molecule has 9 nitrogen and oxygen atoms in total. The second-order valence-corrected chi connectivity index (χ2v) is 10.1. The summed E-state index contributed by atoms with van der Waals surface area (Å²) >= 11 is 6.23. The van der Waals surface area contributed by atoms with Crippen molar-refractivity contribution >= 4 is 39.2 Å². The molecule has 3 amide bonds. The lowest BCUT2D eigenvalue weighted by molar-refractivity contribution is 0.0817. The van der Waals surface area contributed by atoms with Crippen molar-refractivity contribution in [3.63, 3.8) is 0 Å². The van der Waals surface area contributed by atoms with Gasteiger partial charge in [-0.25, -0.2) is 9.52 Å². The fraction of sp³-hybridized carbons (Fsp3) is 0.450. The number of carbonyl (C=O) groups is 2. The van der Waals surface area contributed by atoms with E-state index in [0.717, 1.165) is 21.9 Å². The first-order chi connectivity index (χ1) is 14.2. The number of halogens is 1. The monoisotopic (exact) mass is 469 g/mol. The van der Waals surface area contributed by atoms with Crippen LogP contribution in [0.5, 0.6) is 0 Å². The van der Waals surface area contributed by atoms with Gasteiger partial charge < -0.3 is 10.2 Å². The van der Waals surface area contributed by atoms with E-state index in [1.807, 2.05) is 32.4 Å². The van der Waals surface area contributed by atoms with E-state index in [9.17, 15) is 18.0 Å². The first-order valence-electron chi connectivity index (χ1n) is 9.67. The van der Waals surface area contributed by atoms with Crippen molar-refractivity contribution in [1.29, 1.82) is 0 Å². The maximum Gasteiger partial charge on any atom is 0.333 e. The lowest BCUT2D eigenvalue weighted by Gasteiger charge is -2.21. The van der Waals surface area contributed by atoms with Crippen LogP contribution in [0.2, 0.25) is 5.02 Å². The van der Waals surface area contributed by atoms with E-state index < -0.39 is 27.0 Å². The van der Waals surface area contributed by atoms with Crippen molar-refractivity contribution in [2.24, 2.45) is 7.05 Å². The maximum atomic E-state index is 12.7.